The van der Waals surface area contributed by atoms with E-state index in [1.54, 1.807) is 0 Å². The Morgan fingerprint density at radius 3 is 2.89 bits per heavy atom. The van der Waals surface area contributed by atoms with E-state index in [-0.39, 0.29) is 0 Å². The van der Waals surface area contributed by atoms with Crippen molar-refractivity contribution in [2.45, 2.75) is 31.8 Å². The van der Waals surface area contributed by atoms with Crippen molar-refractivity contribution in [3.8, 4) is 0 Å². The molecule has 1 N–H and O–H groups in total. The van der Waals surface area contributed by atoms with E-state index in [4.69, 9.17) is 23.2 Å². The van der Waals surface area contributed by atoms with Gasteiger partial charge in [-0.05, 0) is 62.0 Å². The maximum atomic E-state index is 6.27. The summed E-state index contributed by atoms with van der Waals surface area (Å²) in [4.78, 5) is 2.51. The molecule has 1 saturated carbocycles. The fourth-order valence-corrected chi connectivity index (χ4v) is 3.26. The van der Waals surface area contributed by atoms with Gasteiger partial charge in [-0.1, -0.05) is 23.2 Å². The van der Waals surface area contributed by atoms with Crippen molar-refractivity contribution in [3.05, 3.63) is 33.8 Å². The molecular weight excluding hydrogens is 279 g/mol. The number of hydrogen-bond acceptors (Lipinski definition) is 2. The van der Waals surface area contributed by atoms with Crippen LogP contribution >= 0.6 is 23.2 Å². The summed E-state index contributed by atoms with van der Waals surface area (Å²) >= 11 is 12.3. The lowest BCUT2D eigenvalue weighted by molar-refractivity contribution is 0.251. The summed E-state index contributed by atoms with van der Waals surface area (Å²) in [6.45, 7) is 4.32. The van der Waals surface area contributed by atoms with E-state index < -0.39 is 0 Å². The minimum absolute atomic E-state index is 0.667. The van der Waals surface area contributed by atoms with Crippen molar-refractivity contribution in [2.75, 3.05) is 19.6 Å². The predicted molar refractivity (Wildman–Crippen MR) is 80.9 cm³/mol. The number of nitrogens with one attached hydrogen (secondary N) is 1. The maximum absolute atomic E-state index is 6.27. The molecule has 1 aliphatic heterocycles. The lowest BCUT2D eigenvalue weighted by Crippen LogP contribution is -2.39. The van der Waals surface area contributed by atoms with Gasteiger partial charge in [-0.2, -0.15) is 0 Å². The van der Waals surface area contributed by atoms with E-state index in [2.05, 4.69) is 10.2 Å². The first kappa shape index (κ1) is 13.7. The Bertz CT molecular complexity index is 446. The fraction of sp³-hybridized carbons (Fsp3) is 0.600. The molecule has 2 aliphatic rings. The van der Waals surface area contributed by atoms with Crippen molar-refractivity contribution in [3.63, 3.8) is 0 Å². The molecule has 19 heavy (non-hydrogen) atoms. The Morgan fingerprint density at radius 1 is 1.26 bits per heavy atom. The molecule has 0 aromatic heterocycles. The summed E-state index contributed by atoms with van der Waals surface area (Å²) in [6.07, 6.45) is 3.99. The lowest BCUT2D eigenvalue weighted by atomic mass is 10.1. The molecule has 104 valence electrons. The molecule has 0 spiro atoms. The van der Waals surface area contributed by atoms with Crippen LogP contribution in [-0.2, 0) is 6.54 Å². The van der Waals surface area contributed by atoms with Gasteiger partial charge in [0.1, 0.15) is 0 Å². The highest BCUT2D eigenvalue weighted by Crippen LogP contribution is 2.34. The Morgan fingerprint density at radius 2 is 2.11 bits per heavy atom. The Labute approximate surface area is 125 Å². The molecule has 1 aromatic rings. The number of halogens is 2. The molecule has 1 atom stereocenters. The van der Waals surface area contributed by atoms with Gasteiger partial charge in [0.25, 0.3) is 0 Å². The monoisotopic (exact) mass is 298 g/mol. The molecule has 1 aromatic carbocycles. The molecule has 4 heteroatoms. The van der Waals surface area contributed by atoms with Crippen LogP contribution in [0.3, 0.4) is 0 Å². The molecule has 0 radical (unpaired) electrons. The van der Waals surface area contributed by atoms with Gasteiger partial charge in [0.05, 0.1) is 0 Å². The van der Waals surface area contributed by atoms with Gasteiger partial charge in [-0.3, -0.25) is 4.90 Å². The molecule has 2 nitrogen and oxygen atoms in total. The van der Waals surface area contributed by atoms with Crippen molar-refractivity contribution >= 4 is 23.2 Å². The second kappa shape index (κ2) is 6.01. The largest absolute Gasteiger partial charge is 0.312 e. The molecule has 2 fully saturated rings. The van der Waals surface area contributed by atoms with Gasteiger partial charge in [0.15, 0.2) is 0 Å². The van der Waals surface area contributed by atoms with E-state index in [9.17, 15) is 0 Å². The molecule has 1 unspecified atom stereocenters. The number of nitrogens with zero attached hydrogens (tertiary/aromatic N) is 1. The van der Waals surface area contributed by atoms with Crippen LogP contribution in [0, 0.1) is 5.92 Å². The van der Waals surface area contributed by atoms with Crippen LogP contribution in [0.15, 0.2) is 18.2 Å². The van der Waals surface area contributed by atoms with Gasteiger partial charge < -0.3 is 5.32 Å². The van der Waals surface area contributed by atoms with Crippen LogP contribution in [0.25, 0.3) is 0 Å². The smallest absolute Gasteiger partial charge is 0.0452 e. The maximum Gasteiger partial charge on any atom is 0.0452 e. The van der Waals surface area contributed by atoms with Crippen molar-refractivity contribution in [1.82, 2.24) is 10.2 Å². The normalized spacial score (nSPS) is 25.3. The quantitative estimate of drug-likeness (QED) is 0.918. The van der Waals surface area contributed by atoms with Gasteiger partial charge in [0, 0.05) is 29.2 Å². The zero-order valence-corrected chi connectivity index (χ0v) is 12.6. The molecule has 1 aliphatic carbocycles. The Kier molecular flexibility index (Phi) is 4.33. The van der Waals surface area contributed by atoms with Gasteiger partial charge >= 0.3 is 0 Å². The van der Waals surface area contributed by atoms with Gasteiger partial charge in [-0.15, -0.1) is 0 Å². The summed E-state index contributed by atoms with van der Waals surface area (Å²) in [6, 6.07) is 6.41. The van der Waals surface area contributed by atoms with Crippen LogP contribution in [0.4, 0.5) is 0 Å². The summed E-state index contributed by atoms with van der Waals surface area (Å²) in [5.74, 6) is 0.899. The third-order valence-corrected chi connectivity index (χ3v) is 4.71. The molecule has 1 saturated heterocycles. The van der Waals surface area contributed by atoms with Crippen LogP contribution in [-0.4, -0.2) is 30.6 Å². The number of hydrogen-bond donors (Lipinski definition) is 1. The van der Waals surface area contributed by atoms with E-state index in [1.165, 1.54) is 19.3 Å². The SMILES string of the molecule is Clc1ccc(Cl)c(CN2CCCNC(C3CC3)C2)c1. The highest BCUT2D eigenvalue weighted by Gasteiger charge is 2.33. The van der Waals surface area contributed by atoms with Crippen LogP contribution in [0.1, 0.15) is 24.8 Å². The van der Waals surface area contributed by atoms with Gasteiger partial charge in [0.2, 0.25) is 0 Å². The Hall–Kier alpha value is -0.280. The first-order valence-electron chi connectivity index (χ1n) is 7.12. The Balaban J connectivity index is 1.68. The third-order valence-electron chi connectivity index (χ3n) is 4.11. The molecular formula is C15H20Cl2N2. The standard InChI is InChI=1S/C15H20Cl2N2/c16-13-4-5-14(17)12(8-13)9-19-7-1-6-18-15(10-19)11-2-3-11/h4-5,8,11,15,18H,1-3,6-7,9-10H2. The van der Waals surface area contributed by atoms with Crippen LogP contribution in [0.2, 0.25) is 10.0 Å². The van der Waals surface area contributed by atoms with Crippen LogP contribution < -0.4 is 5.32 Å². The summed E-state index contributed by atoms with van der Waals surface area (Å²) < 4.78 is 0. The predicted octanol–water partition coefficient (Wildman–Crippen LogP) is 3.57. The van der Waals surface area contributed by atoms with E-state index in [0.717, 1.165) is 47.7 Å². The van der Waals surface area contributed by atoms with Crippen molar-refractivity contribution in [2.24, 2.45) is 5.92 Å². The highest BCUT2D eigenvalue weighted by atomic mass is 35.5. The minimum atomic E-state index is 0.667. The van der Waals surface area contributed by atoms with Crippen molar-refractivity contribution < 1.29 is 0 Å². The number of benzene rings is 1. The molecule has 0 amide bonds. The summed E-state index contributed by atoms with van der Waals surface area (Å²) in [5.41, 5.74) is 1.14. The zero-order valence-electron chi connectivity index (χ0n) is 11.0. The minimum Gasteiger partial charge on any atom is -0.312 e. The van der Waals surface area contributed by atoms with E-state index >= 15 is 0 Å². The summed E-state index contributed by atoms with van der Waals surface area (Å²) in [5, 5.41) is 5.28. The first-order valence-corrected chi connectivity index (χ1v) is 7.87. The average Bonchev–Trinajstić information content (AvgIpc) is 3.20. The fourth-order valence-electron chi connectivity index (χ4n) is 2.89. The van der Waals surface area contributed by atoms with Crippen molar-refractivity contribution in [1.29, 1.82) is 0 Å². The van der Waals surface area contributed by atoms with Crippen LogP contribution in [0.5, 0.6) is 0 Å². The van der Waals surface area contributed by atoms with E-state index in [1.807, 2.05) is 18.2 Å². The average molecular weight is 299 g/mol. The number of rotatable bonds is 3. The third kappa shape index (κ3) is 3.63. The molecule has 3 rings (SSSR count). The van der Waals surface area contributed by atoms with E-state index in [0.29, 0.717) is 6.04 Å². The second-order valence-electron chi connectivity index (χ2n) is 5.72. The first-order chi connectivity index (χ1) is 9.22. The zero-order chi connectivity index (χ0) is 13.2. The second-order valence-corrected chi connectivity index (χ2v) is 6.57. The van der Waals surface area contributed by atoms with Gasteiger partial charge in [-0.25, -0.2) is 0 Å². The lowest BCUT2D eigenvalue weighted by Gasteiger charge is -2.24. The highest BCUT2D eigenvalue weighted by molar-refractivity contribution is 6.33. The molecule has 1 heterocycles. The molecule has 0 bridgehead atoms. The summed E-state index contributed by atoms with van der Waals surface area (Å²) in [7, 11) is 0. The topological polar surface area (TPSA) is 15.3 Å².